The number of carbonyl (C=O) groups is 2. The number of hydrogen-bond acceptors (Lipinski definition) is 4. The topological polar surface area (TPSA) is 67.9 Å². The third kappa shape index (κ3) is 3.92. The smallest absolute Gasteiger partial charge is 0.231 e. The van der Waals surface area contributed by atoms with E-state index < -0.39 is 5.41 Å². The molecule has 2 heterocycles. The monoisotopic (exact) mass is 408 g/mol. The lowest BCUT2D eigenvalue weighted by Crippen LogP contribution is -2.51. The molecular formula is C24H28N2O4. The van der Waals surface area contributed by atoms with Crippen LogP contribution in [-0.2, 0) is 19.7 Å². The summed E-state index contributed by atoms with van der Waals surface area (Å²) in [5, 5.41) is 3.18. The molecule has 2 amide bonds. The van der Waals surface area contributed by atoms with Gasteiger partial charge in [-0.25, -0.2) is 0 Å². The van der Waals surface area contributed by atoms with Gasteiger partial charge in [0.1, 0.15) is 5.75 Å². The molecule has 2 saturated heterocycles. The molecule has 6 heteroatoms. The summed E-state index contributed by atoms with van der Waals surface area (Å²) in [5.41, 5.74) is 2.37. The molecule has 2 aliphatic heterocycles. The van der Waals surface area contributed by atoms with Crippen LogP contribution in [0.15, 0.2) is 48.5 Å². The first kappa shape index (κ1) is 20.4. The van der Waals surface area contributed by atoms with E-state index in [9.17, 15) is 9.59 Å². The van der Waals surface area contributed by atoms with E-state index in [1.807, 2.05) is 49.4 Å². The molecule has 1 N–H and O–H groups in total. The molecule has 2 aliphatic rings. The second-order valence-corrected chi connectivity index (χ2v) is 8.14. The average Bonchev–Trinajstić information content (AvgIpc) is 3.14. The second kappa shape index (κ2) is 8.48. The molecule has 2 aromatic rings. The van der Waals surface area contributed by atoms with E-state index in [1.165, 1.54) is 0 Å². The Hall–Kier alpha value is -2.86. The Morgan fingerprint density at radius 2 is 1.90 bits per heavy atom. The molecule has 0 aliphatic carbocycles. The summed E-state index contributed by atoms with van der Waals surface area (Å²) in [6.45, 7) is 3.62. The van der Waals surface area contributed by atoms with E-state index in [0.29, 0.717) is 39.0 Å². The van der Waals surface area contributed by atoms with Gasteiger partial charge in [0.2, 0.25) is 11.8 Å². The van der Waals surface area contributed by atoms with Gasteiger partial charge in [-0.3, -0.25) is 9.59 Å². The van der Waals surface area contributed by atoms with Gasteiger partial charge < -0.3 is 19.7 Å². The van der Waals surface area contributed by atoms with E-state index >= 15 is 0 Å². The second-order valence-electron chi connectivity index (χ2n) is 8.14. The number of ether oxygens (including phenoxy) is 2. The van der Waals surface area contributed by atoms with Crippen LogP contribution in [0, 0.1) is 6.92 Å². The highest BCUT2D eigenvalue weighted by Crippen LogP contribution is 2.36. The molecular weight excluding hydrogens is 380 g/mol. The van der Waals surface area contributed by atoms with Crippen molar-refractivity contribution in [2.75, 3.05) is 31.8 Å². The van der Waals surface area contributed by atoms with Gasteiger partial charge in [0.15, 0.2) is 0 Å². The van der Waals surface area contributed by atoms with Crippen LogP contribution in [0.4, 0.5) is 5.69 Å². The maximum absolute atomic E-state index is 13.5. The predicted molar refractivity (Wildman–Crippen MR) is 115 cm³/mol. The van der Waals surface area contributed by atoms with E-state index in [0.717, 1.165) is 22.6 Å². The number of amides is 2. The van der Waals surface area contributed by atoms with Crippen molar-refractivity contribution in [2.24, 2.45) is 0 Å². The fourth-order valence-corrected chi connectivity index (χ4v) is 4.45. The molecule has 0 saturated carbocycles. The van der Waals surface area contributed by atoms with Gasteiger partial charge in [-0.2, -0.15) is 0 Å². The Labute approximate surface area is 177 Å². The van der Waals surface area contributed by atoms with Gasteiger partial charge in [0.25, 0.3) is 0 Å². The van der Waals surface area contributed by atoms with Crippen LogP contribution in [-0.4, -0.2) is 44.7 Å². The van der Waals surface area contributed by atoms with Crippen LogP contribution in [0.25, 0.3) is 0 Å². The van der Waals surface area contributed by atoms with Crippen molar-refractivity contribution < 1.29 is 19.1 Å². The van der Waals surface area contributed by atoms with Crippen molar-refractivity contribution in [3.8, 4) is 5.75 Å². The molecule has 6 nitrogen and oxygen atoms in total. The van der Waals surface area contributed by atoms with Crippen LogP contribution in [0.5, 0.6) is 5.75 Å². The summed E-state index contributed by atoms with van der Waals surface area (Å²) in [5.74, 6) is 0.752. The number of anilines is 1. The lowest BCUT2D eigenvalue weighted by molar-refractivity contribution is -0.131. The van der Waals surface area contributed by atoms with Crippen LogP contribution >= 0.6 is 0 Å². The average molecular weight is 408 g/mol. The first-order valence-electron chi connectivity index (χ1n) is 10.4. The zero-order valence-electron chi connectivity index (χ0n) is 17.5. The molecule has 0 radical (unpaired) electrons. The van der Waals surface area contributed by atoms with Crippen molar-refractivity contribution in [3.05, 3.63) is 59.7 Å². The predicted octanol–water partition coefficient (Wildman–Crippen LogP) is 2.97. The van der Waals surface area contributed by atoms with E-state index in [4.69, 9.17) is 9.47 Å². The summed E-state index contributed by atoms with van der Waals surface area (Å²) in [6.07, 6.45) is 1.59. The standard InChI is InChI=1S/C24H28N2O4/c1-17-4-3-5-18(14-17)24(10-12-30-13-11-24)23(28)25-19-15-22(27)26(16-19)20-6-8-21(29-2)9-7-20/h3-9,14,19H,10-13,15-16H2,1-2H3,(H,25,28)/t19-/m1/s1. The van der Waals surface area contributed by atoms with Crippen molar-refractivity contribution in [1.82, 2.24) is 5.32 Å². The fraction of sp³-hybridized carbons (Fsp3) is 0.417. The summed E-state index contributed by atoms with van der Waals surface area (Å²) < 4.78 is 10.7. The summed E-state index contributed by atoms with van der Waals surface area (Å²) in [6, 6.07) is 15.4. The molecule has 0 bridgehead atoms. The quantitative estimate of drug-likeness (QED) is 0.826. The molecule has 1 atom stereocenters. The minimum atomic E-state index is -0.610. The van der Waals surface area contributed by atoms with E-state index in [-0.39, 0.29) is 17.9 Å². The number of carbonyl (C=O) groups excluding carboxylic acids is 2. The minimum Gasteiger partial charge on any atom is -0.497 e. The lowest BCUT2D eigenvalue weighted by Gasteiger charge is -2.37. The molecule has 2 fully saturated rings. The summed E-state index contributed by atoms with van der Waals surface area (Å²) >= 11 is 0. The third-order valence-electron chi connectivity index (χ3n) is 6.20. The third-order valence-corrected chi connectivity index (χ3v) is 6.20. The zero-order valence-corrected chi connectivity index (χ0v) is 17.5. The van der Waals surface area contributed by atoms with Gasteiger partial charge in [0.05, 0.1) is 18.6 Å². The van der Waals surface area contributed by atoms with E-state index in [2.05, 4.69) is 11.4 Å². The number of benzene rings is 2. The molecule has 0 spiro atoms. The number of nitrogens with one attached hydrogen (secondary N) is 1. The lowest BCUT2D eigenvalue weighted by atomic mass is 9.73. The maximum atomic E-state index is 13.5. The largest absolute Gasteiger partial charge is 0.497 e. The van der Waals surface area contributed by atoms with Crippen LogP contribution in [0.2, 0.25) is 0 Å². The normalized spacial score (nSPS) is 20.8. The highest BCUT2D eigenvalue weighted by Gasteiger charge is 2.43. The van der Waals surface area contributed by atoms with Crippen LogP contribution in [0.1, 0.15) is 30.4 Å². The van der Waals surface area contributed by atoms with Crippen molar-refractivity contribution >= 4 is 17.5 Å². The van der Waals surface area contributed by atoms with Gasteiger partial charge >= 0.3 is 0 Å². The molecule has 30 heavy (non-hydrogen) atoms. The maximum Gasteiger partial charge on any atom is 0.231 e. The first-order valence-corrected chi connectivity index (χ1v) is 10.4. The van der Waals surface area contributed by atoms with E-state index in [1.54, 1.807) is 12.0 Å². The number of hydrogen-bond donors (Lipinski definition) is 1. The molecule has 0 unspecified atom stereocenters. The number of methoxy groups -OCH3 is 1. The van der Waals surface area contributed by atoms with Gasteiger partial charge in [-0.05, 0) is 49.6 Å². The first-order chi connectivity index (χ1) is 14.5. The minimum absolute atomic E-state index is 0.00854. The zero-order chi connectivity index (χ0) is 21.1. The summed E-state index contributed by atoms with van der Waals surface area (Å²) in [7, 11) is 1.61. The molecule has 158 valence electrons. The SMILES string of the molecule is COc1ccc(N2C[C@H](NC(=O)C3(c4cccc(C)c4)CCOCC3)CC2=O)cc1. The van der Waals surface area contributed by atoms with Gasteiger partial charge in [-0.1, -0.05) is 29.8 Å². The Kier molecular flexibility index (Phi) is 5.77. The Morgan fingerprint density at radius 3 is 2.57 bits per heavy atom. The van der Waals surface area contributed by atoms with Crippen molar-refractivity contribution in [1.29, 1.82) is 0 Å². The number of aryl methyl sites for hydroxylation is 1. The summed E-state index contributed by atoms with van der Waals surface area (Å²) in [4.78, 5) is 27.9. The number of nitrogens with zero attached hydrogens (tertiary/aromatic N) is 1. The van der Waals surface area contributed by atoms with Crippen LogP contribution in [0.3, 0.4) is 0 Å². The van der Waals surface area contributed by atoms with Crippen LogP contribution < -0.4 is 15.0 Å². The molecule has 2 aromatic carbocycles. The highest BCUT2D eigenvalue weighted by molar-refractivity contribution is 5.97. The van der Waals surface area contributed by atoms with Crippen molar-refractivity contribution in [2.45, 2.75) is 37.6 Å². The van der Waals surface area contributed by atoms with Gasteiger partial charge in [0, 0.05) is 31.9 Å². The van der Waals surface area contributed by atoms with Gasteiger partial charge in [-0.15, -0.1) is 0 Å². The number of rotatable bonds is 5. The fourth-order valence-electron chi connectivity index (χ4n) is 4.45. The molecule has 4 rings (SSSR count). The molecule has 0 aromatic heterocycles. The van der Waals surface area contributed by atoms with Crippen molar-refractivity contribution in [3.63, 3.8) is 0 Å². The Bertz CT molecular complexity index is 919. The Balaban J connectivity index is 1.51. The Morgan fingerprint density at radius 1 is 1.17 bits per heavy atom. The highest BCUT2D eigenvalue weighted by atomic mass is 16.5.